The molecule has 1 amide bonds. The van der Waals surface area contributed by atoms with E-state index in [0.717, 1.165) is 11.3 Å². The van der Waals surface area contributed by atoms with Gasteiger partial charge in [-0.15, -0.1) is 11.3 Å². The monoisotopic (exact) mass is 431 g/mol. The van der Waals surface area contributed by atoms with Crippen LogP contribution in [0, 0.1) is 6.92 Å². The minimum Gasteiger partial charge on any atom is -0.482 e. The molecule has 11 heteroatoms. The molecular weight excluding hydrogens is 419 g/mol. The van der Waals surface area contributed by atoms with Gasteiger partial charge in [0.25, 0.3) is 11.5 Å². The first-order valence-corrected chi connectivity index (χ1v) is 9.01. The fourth-order valence-electron chi connectivity index (χ4n) is 2.49. The summed E-state index contributed by atoms with van der Waals surface area (Å²) in [7, 11) is 1.54. The third kappa shape index (κ3) is 4.12. The third-order valence-electron chi connectivity index (χ3n) is 3.80. The van der Waals surface area contributed by atoms with E-state index in [1.807, 2.05) is 0 Å². The maximum absolute atomic E-state index is 12.7. The van der Waals surface area contributed by atoms with Gasteiger partial charge in [0.05, 0.1) is 22.3 Å². The maximum atomic E-state index is 12.7. The lowest BCUT2D eigenvalue weighted by molar-refractivity contribution is -0.153. The lowest BCUT2D eigenvalue weighted by Gasteiger charge is -2.14. The van der Waals surface area contributed by atoms with Crippen LogP contribution in [0.15, 0.2) is 29.3 Å². The molecule has 0 saturated carbocycles. The van der Waals surface area contributed by atoms with Gasteiger partial charge >= 0.3 is 6.18 Å². The molecule has 0 bridgehead atoms. The van der Waals surface area contributed by atoms with E-state index in [0.29, 0.717) is 15.8 Å². The number of benzene rings is 1. The van der Waals surface area contributed by atoms with Crippen LogP contribution in [0.5, 0.6) is 5.75 Å². The highest BCUT2D eigenvalue weighted by Gasteiger charge is 2.29. The molecular formula is C17H13ClF3N3O3S. The molecule has 3 rings (SSSR count). The zero-order valence-electron chi connectivity index (χ0n) is 14.6. The molecule has 1 N–H and O–H groups in total. The first-order chi connectivity index (χ1) is 13.1. The molecule has 0 fully saturated rings. The zero-order chi connectivity index (χ0) is 20.6. The maximum Gasteiger partial charge on any atom is 0.422 e. The normalized spacial score (nSPS) is 11.6. The molecule has 2 aromatic heterocycles. The van der Waals surface area contributed by atoms with Crippen molar-refractivity contribution in [3.63, 3.8) is 0 Å². The van der Waals surface area contributed by atoms with Gasteiger partial charge in [-0.25, -0.2) is 4.98 Å². The van der Waals surface area contributed by atoms with E-state index in [1.165, 1.54) is 29.1 Å². The fourth-order valence-corrected chi connectivity index (χ4v) is 3.70. The number of rotatable bonds is 4. The molecule has 2 heterocycles. The topological polar surface area (TPSA) is 73.2 Å². The Morgan fingerprint density at radius 3 is 2.79 bits per heavy atom. The van der Waals surface area contributed by atoms with Crippen molar-refractivity contribution in [2.75, 3.05) is 11.9 Å². The largest absolute Gasteiger partial charge is 0.482 e. The van der Waals surface area contributed by atoms with E-state index in [-0.39, 0.29) is 26.9 Å². The van der Waals surface area contributed by atoms with Crippen LogP contribution in [0.1, 0.15) is 15.2 Å². The average Bonchev–Trinajstić information content (AvgIpc) is 2.94. The van der Waals surface area contributed by atoms with Crippen LogP contribution in [0.2, 0.25) is 5.02 Å². The van der Waals surface area contributed by atoms with E-state index in [1.54, 1.807) is 14.0 Å². The molecule has 148 valence electrons. The summed E-state index contributed by atoms with van der Waals surface area (Å²) in [6.45, 7) is 0.0925. The van der Waals surface area contributed by atoms with Crippen LogP contribution in [-0.4, -0.2) is 28.2 Å². The van der Waals surface area contributed by atoms with Crippen LogP contribution < -0.4 is 15.6 Å². The Morgan fingerprint density at radius 2 is 2.11 bits per heavy atom. The SMILES string of the molecule is Cc1c(C(=O)Nc2cc(Cl)ccc2OCC(F)(F)F)sc2ncn(C)c(=O)c12. The van der Waals surface area contributed by atoms with Crippen LogP contribution >= 0.6 is 22.9 Å². The summed E-state index contributed by atoms with van der Waals surface area (Å²) in [5, 5.41) is 3.02. The van der Waals surface area contributed by atoms with Crippen molar-refractivity contribution in [1.29, 1.82) is 0 Å². The van der Waals surface area contributed by atoms with E-state index < -0.39 is 18.7 Å². The predicted molar refractivity (Wildman–Crippen MR) is 101 cm³/mol. The molecule has 1 aromatic carbocycles. The Kier molecular flexibility index (Phi) is 5.35. The minimum atomic E-state index is -4.53. The summed E-state index contributed by atoms with van der Waals surface area (Å²) in [4.78, 5) is 29.7. The number of anilines is 1. The highest BCUT2D eigenvalue weighted by molar-refractivity contribution is 7.20. The lowest BCUT2D eigenvalue weighted by atomic mass is 10.2. The Bertz CT molecular complexity index is 1120. The molecule has 0 atom stereocenters. The van der Waals surface area contributed by atoms with Crippen LogP contribution in [-0.2, 0) is 7.05 Å². The molecule has 0 aliphatic carbocycles. The molecule has 0 radical (unpaired) electrons. The van der Waals surface area contributed by atoms with Crippen molar-refractivity contribution in [2.24, 2.45) is 7.05 Å². The summed E-state index contributed by atoms with van der Waals surface area (Å²) < 4.78 is 43.4. The number of thiophene rings is 1. The average molecular weight is 432 g/mol. The number of ether oxygens (including phenoxy) is 1. The Hall–Kier alpha value is -2.59. The quantitative estimate of drug-likeness (QED) is 0.673. The standard InChI is InChI=1S/C17H13ClF3N3O3S/c1-8-12-15(22-7-24(2)16(12)26)28-13(8)14(25)23-10-5-9(18)3-4-11(10)27-6-17(19,20)21/h3-5,7H,6H2,1-2H3,(H,23,25). The van der Waals surface area contributed by atoms with Crippen molar-refractivity contribution in [1.82, 2.24) is 9.55 Å². The number of halogens is 4. The number of carbonyl (C=O) groups excluding carboxylic acids is 1. The van der Waals surface area contributed by atoms with Gasteiger partial charge in [-0.05, 0) is 30.7 Å². The van der Waals surface area contributed by atoms with Gasteiger partial charge in [0.2, 0.25) is 0 Å². The second kappa shape index (κ2) is 7.44. The molecule has 28 heavy (non-hydrogen) atoms. The van der Waals surface area contributed by atoms with E-state index in [9.17, 15) is 22.8 Å². The number of aryl methyl sites for hydroxylation is 2. The summed E-state index contributed by atoms with van der Waals surface area (Å²) in [6, 6.07) is 3.87. The molecule has 0 aliphatic heterocycles. The van der Waals surface area contributed by atoms with Gasteiger partial charge in [0.15, 0.2) is 6.61 Å². The van der Waals surface area contributed by atoms with Crippen LogP contribution in [0.3, 0.4) is 0 Å². The number of hydrogen-bond acceptors (Lipinski definition) is 5. The van der Waals surface area contributed by atoms with Crippen LogP contribution in [0.25, 0.3) is 10.2 Å². The van der Waals surface area contributed by atoms with Gasteiger partial charge in [-0.3, -0.25) is 9.59 Å². The van der Waals surface area contributed by atoms with Crippen molar-refractivity contribution in [2.45, 2.75) is 13.1 Å². The van der Waals surface area contributed by atoms with Crippen molar-refractivity contribution >= 4 is 44.7 Å². The second-order valence-corrected chi connectivity index (χ2v) is 7.33. The van der Waals surface area contributed by atoms with Crippen molar-refractivity contribution < 1.29 is 22.7 Å². The van der Waals surface area contributed by atoms with Gasteiger partial charge in [0, 0.05) is 12.1 Å². The number of carbonyl (C=O) groups is 1. The Balaban J connectivity index is 1.94. The Morgan fingerprint density at radius 1 is 1.39 bits per heavy atom. The first-order valence-electron chi connectivity index (χ1n) is 7.82. The highest BCUT2D eigenvalue weighted by atomic mass is 35.5. The molecule has 0 aliphatic rings. The number of fused-ring (bicyclic) bond motifs is 1. The zero-order valence-corrected chi connectivity index (χ0v) is 16.1. The van der Waals surface area contributed by atoms with Crippen LogP contribution in [0.4, 0.5) is 18.9 Å². The van der Waals surface area contributed by atoms with E-state index in [2.05, 4.69) is 10.3 Å². The summed E-state index contributed by atoms with van der Waals surface area (Å²) in [5.74, 6) is -0.787. The molecule has 0 spiro atoms. The van der Waals surface area contributed by atoms with Crippen molar-refractivity contribution in [3.8, 4) is 5.75 Å². The number of nitrogens with one attached hydrogen (secondary N) is 1. The van der Waals surface area contributed by atoms with Gasteiger partial charge in [-0.1, -0.05) is 11.6 Å². The lowest BCUT2D eigenvalue weighted by Crippen LogP contribution is -2.20. The van der Waals surface area contributed by atoms with Gasteiger partial charge in [0.1, 0.15) is 10.6 Å². The molecule has 0 saturated heterocycles. The molecule has 6 nitrogen and oxygen atoms in total. The summed E-state index contributed by atoms with van der Waals surface area (Å²) in [5.41, 5.74) is 0.125. The summed E-state index contributed by atoms with van der Waals surface area (Å²) >= 11 is 6.90. The molecule has 3 aromatic rings. The predicted octanol–water partition coefficient (Wildman–Crippen LogP) is 4.15. The van der Waals surface area contributed by atoms with E-state index in [4.69, 9.17) is 16.3 Å². The number of aromatic nitrogens is 2. The second-order valence-electron chi connectivity index (χ2n) is 5.90. The smallest absolute Gasteiger partial charge is 0.422 e. The van der Waals surface area contributed by atoms with Gasteiger partial charge in [-0.2, -0.15) is 13.2 Å². The number of hydrogen-bond donors (Lipinski definition) is 1. The first kappa shape index (κ1) is 20.2. The summed E-state index contributed by atoms with van der Waals surface area (Å²) in [6.07, 6.45) is -3.18. The number of amides is 1. The minimum absolute atomic E-state index is 0.0144. The Labute approximate surface area is 165 Å². The fraction of sp³-hybridized carbons (Fsp3) is 0.235. The van der Waals surface area contributed by atoms with Gasteiger partial charge < -0.3 is 14.6 Å². The number of nitrogens with zero attached hydrogens (tertiary/aromatic N) is 2. The molecule has 0 unspecified atom stereocenters. The third-order valence-corrected chi connectivity index (χ3v) is 5.23. The van der Waals surface area contributed by atoms with Crippen molar-refractivity contribution in [3.05, 3.63) is 50.3 Å². The highest BCUT2D eigenvalue weighted by Crippen LogP contribution is 2.32. The number of alkyl halides is 3. The van der Waals surface area contributed by atoms with E-state index >= 15 is 0 Å².